The standard InChI is InChI=1S/C22H28N4O3S2.ClH/c1-15-13-16(2)20-19(14-15)30-22(23-20)26(12-11-24(3)4)21(27)17-7-9-18(10-8-17)31(28,29)25(5)6;/h7-10,13-14H,11-12H2,1-6H3;1H. The molecular weight excluding hydrogens is 468 g/mol. The Kier molecular flexibility index (Phi) is 8.41. The Bertz CT molecular complexity index is 1210. The molecule has 0 fully saturated rings. The molecule has 1 amide bonds. The average molecular weight is 497 g/mol. The lowest BCUT2D eigenvalue weighted by Gasteiger charge is -2.22. The van der Waals surface area contributed by atoms with Gasteiger partial charge in [0, 0.05) is 32.7 Å². The molecule has 3 rings (SSSR count). The normalized spacial score (nSPS) is 11.8. The Labute approximate surface area is 200 Å². The van der Waals surface area contributed by atoms with E-state index in [1.807, 2.05) is 32.8 Å². The number of aryl methyl sites for hydroxylation is 2. The van der Waals surface area contributed by atoms with E-state index in [9.17, 15) is 13.2 Å². The van der Waals surface area contributed by atoms with Gasteiger partial charge >= 0.3 is 0 Å². The minimum atomic E-state index is -3.55. The predicted molar refractivity (Wildman–Crippen MR) is 134 cm³/mol. The van der Waals surface area contributed by atoms with Crippen molar-refractivity contribution < 1.29 is 13.2 Å². The zero-order valence-corrected chi connectivity index (χ0v) is 21.6. The molecule has 0 unspecified atom stereocenters. The highest BCUT2D eigenvalue weighted by Crippen LogP contribution is 2.32. The molecule has 2 aromatic carbocycles. The first kappa shape index (κ1) is 26.2. The van der Waals surface area contributed by atoms with E-state index in [1.165, 1.54) is 37.6 Å². The highest BCUT2D eigenvalue weighted by molar-refractivity contribution is 7.89. The summed E-state index contributed by atoms with van der Waals surface area (Å²) >= 11 is 1.49. The molecule has 0 radical (unpaired) electrons. The first-order valence-electron chi connectivity index (χ1n) is 9.87. The Hall–Kier alpha value is -2.04. The van der Waals surface area contributed by atoms with Gasteiger partial charge in [-0.1, -0.05) is 17.4 Å². The van der Waals surface area contributed by atoms with Crippen LogP contribution in [-0.4, -0.2) is 69.8 Å². The molecule has 0 bridgehead atoms. The van der Waals surface area contributed by atoms with Gasteiger partial charge in [-0.2, -0.15) is 0 Å². The van der Waals surface area contributed by atoms with E-state index in [0.717, 1.165) is 25.6 Å². The van der Waals surface area contributed by atoms with Crippen molar-refractivity contribution in [2.45, 2.75) is 18.7 Å². The van der Waals surface area contributed by atoms with Crippen molar-refractivity contribution in [3.8, 4) is 0 Å². The topological polar surface area (TPSA) is 73.8 Å². The fourth-order valence-corrected chi connectivity index (χ4v) is 5.26. The Balaban J connectivity index is 0.00000363. The summed E-state index contributed by atoms with van der Waals surface area (Å²) in [5, 5.41) is 0.639. The average Bonchev–Trinajstić information content (AvgIpc) is 3.11. The molecule has 174 valence electrons. The first-order chi connectivity index (χ1) is 14.5. The molecule has 32 heavy (non-hydrogen) atoms. The summed E-state index contributed by atoms with van der Waals surface area (Å²) in [6, 6.07) is 10.2. The van der Waals surface area contributed by atoms with Crippen LogP contribution < -0.4 is 4.90 Å². The molecule has 0 atom stereocenters. The maximum absolute atomic E-state index is 13.4. The molecule has 0 N–H and O–H groups in total. The van der Waals surface area contributed by atoms with Crippen LogP contribution in [0, 0.1) is 13.8 Å². The van der Waals surface area contributed by atoms with Gasteiger partial charge in [-0.15, -0.1) is 12.4 Å². The quantitative estimate of drug-likeness (QED) is 0.497. The van der Waals surface area contributed by atoms with Crippen molar-refractivity contribution in [3.05, 3.63) is 53.1 Å². The predicted octanol–water partition coefficient (Wildman–Crippen LogP) is 3.79. The van der Waals surface area contributed by atoms with Crippen molar-refractivity contribution in [2.75, 3.05) is 46.2 Å². The third-order valence-corrected chi connectivity index (χ3v) is 7.80. The lowest BCUT2D eigenvalue weighted by atomic mass is 10.1. The molecule has 10 heteroatoms. The van der Waals surface area contributed by atoms with Crippen molar-refractivity contribution in [1.82, 2.24) is 14.2 Å². The van der Waals surface area contributed by atoms with Gasteiger partial charge in [0.25, 0.3) is 5.91 Å². The molecule has 0 aliphatic rings. The number of thiazole rings is 1. The SMILES string of the molecule is Cc1cc(C)c2nc(N(CCN(C)C)C(=O)c3ccc(S(=O)(=O)N(C)C)cc3)sc2c1.Cl. The van der Waals surface area contributed by atoms with Gasteiger partial charge in [0.2, 0.25) is 10.0 Å². The highest BCUT2D eigenvalue weighted by Gasteiger charge is 2.23. The van der Waals surface area contributed by atoms with Crippen LogP contribution in [0.25, 0.3) is 10.2 Å². The minimum absolute atomic E-state index is 0. The van der Waals surface area contributed by atoms with Crippen molar-refractivity contribution in [1.29, 1.82) is 0 Å². The van der Waals surface area contributed by atoms with Crippen LogP contribution in [0.5, 0.6) is 0 Å². The van der Waals surface area contributed by atoms with E-state index in [4.69, 9.17) is 4.98 Å². The number of anilines is 1. The molecular formula is C22H29ClN4O3S2. The van der Waals surface area contributed by atoms with Crippen molar-refractivity contribution >= 4 is 55.0 Å². The van der Waals surface area contributed by atoms with E-state index >= 15 is 0 Å². The molecule has 1 heterocycles. The number of benzene rings is 2. The maximum Gasteiger partial charge on any atom is 0.260 e. The summed E-state index contributed by atoms with van der Waals surface area (Å²) in [5.41, 5.74) is 3.56. The van der Waals surface area contributed by atoms with Gasteiger partial charge in [-0.3, -0.25) is 9.69 Å². The summed E-state index contributed by atoms with van der Waals surface area (Å²) in [7, 11) is 3.32. The van der Waals surface area contributed by atoms with E-state index in [0.29, 0.717) is 23.8 Å². The van der Waals surface area contributed by atoms with E-state index in [-0.39, 0.29) is 23.2 Å². The fourth-order valence-electron chi connectivity index (χ4n) is 3.19. The van der Waals surface area contributed by atoms with E-state index in [2.05, 4.69) is 12.1 Å². The molecule has 0 aliphatic carbocycles. The van der Waals surface area contributed by atoms with E-state index < -0.39 is 10.0 Å². The lowest BCUT2D eigenvalue weighted by molar-refractivity contribution is 0.0985. The number of carbonyl (C=O) groups excluding carboxylic acids is 1. The number of sulfonamides is 1. The second kappa shape index (κ2) is 10.3. The largest absolute Gasteiger partial charge is 0.308 e. The zero-order valence-electron chi connectivity index (χ0n) is 19.1. The number of hydrogen-bond acceptors (Lipinski definition) is 6. The molecule has 1 aromatic heterocycles. The number of halogens is 1. The van der Waals surface area contributed by atoms with Gasteiger partial charge in [-0.05, 0) is 69.4 Å². The van der Waals surface area contributed by atoms with Crippen LogP contribution in [0.2, 0.25) is 0 Å². The second-order valence-electron chi connectivity index (χ2n) is 8.00. The van der Waals surface area contributed by atoms with E-state index in [1.54, 1.807) is 17.0 Å². The maximum atomic E-state index is 13.4. The molecule has 0 aliphatic heterocycles. The number of rotatable bonds is 7. The Morgan fingerprint density at radius 1 is 1.00 bits per heavy atom. The summed E-state index contributed by atoms with van der Waals surface area (Å²) in [6.45, 7) is 5.22. The number of hydrogen-bond donors (Lipinski definition) is 0. The second-order valence-corrected chi connectivity index (χ2v) is 11.2. The highest BCUT2D eigenvalue weighted by atomic mass is 35.5. The van der Waals surface area contributed by atoms with Gasteiger partial charge in [0.15, 0.2) is 5.13 Å². The Morgan fingerprint density at radius 2 is 1.62 bits per heavy atom. The van der Waals surface area contributed by atoms with Crippen LogP contribution >= 0.6 is 23.7 Å². The smallest absolute Gasteiger partial charge is 0.260 e. The van der Waals surface area contributed by atoms with Crippen LogP contribution in [0.3, 0.4) is 0 Å². The number of aromatic nitrogens is 1. The zero-order chi connectivity index (χ0) is 22.9. The molecule has 3 aromatic rings. The summed E-state index contributed by atoms with van der Waals surface area (Å²) in [4.78, 5) is 22.0. The molecule has 0 saturated carbocycles. The monoisotopic (exact) mass is 496 g/mol. The van der Waals surface area contributed by atoms with Crippen molar-refractivity contribution in [2.24, 2.45) is 0 Å². The molecule has 0 spiro atoms. The van der Waals surface area contributed by atoms with Gasteiger partial charge in [-0.25, -0.2) is 17.7 Å². The lowest BCUT2D eigenvalue weighted by Crippen LogP contribution is -2.36. The first-order valence-corrected chi connectivity index (χ1v) is 12.1. The minimum Gasteiger partial charge on any atom is -0.308 e. The number of likely N-dealkylation sites (N-methyl/N-ethyl adjacent to an activating group) is 1. The van der Waals surface area contributed by atoms with Gasteiger partial charge in [0.1, 0.15) is 0 Å². The Morgan fingerprint density at radius 3 is 2.19 bits per heavy atom. The fraction of sp³-hybridized carbons (Fsp3) is 0.364. The van der Waals surface area contributed by atoms with Crippen molar-refractivity contribution in [3.63, 3.8) is 0 Å². The van der Waals surface area contributed by atoms with Crippen LogP contribution in [0.4, 0.5) is 5.13 Å². The number of carbonyl (C=O) groups is 1. The van der Waals surface area contributed by atoms with Crippen LogP contribution in [0.1, 0.15) is 21.5 Å². The summed E-state index contributed by atoms with van der Waals surface area (Å²) in [6.07, 6.45) is 0. The molecule has 0 saturated heterocycles. The number of amides is 1. The molecule has 7 nitrogen and oxygen atoms in total. The van der Waals surface area contributed by atoms with Crippen LogP contribution in [-0.2, 0) is 10.0 Å². The number of fused-ring (bicyclic) bond motifs is 1. The number of nitrogens with zero attached hydrogens (tertiary/aromatic N) is 4. The van der Waals surface area contributed by atoms with Crippen LogP contribution in [0.15, 0.2) is 41.3 Å². The summed E-state index contributed by atoms with van der Waals surface area (Å²) in [5.74, 6) is -0.205. The van der Waals surface area contributed by atoms with Gasteiger partial charge < -0.3 is 4.90 Å². The summed E-state index contributed by atoms with van der Waals surface area (Å²) < 4.78 is 26.8. The third-order valence-electron chi connectivity index (χ3n) is 4.95. The van der Waals surface area contributed by atoms with Gasteiger partial charge in [0.05, 0.1) is 15.1 Å². The third kappa shape index (κ3) is 5.47.